The van der Waals surface area contributed by atoms with Gasteiger partial charge in [-0.25, -0.2) is 0 Å². The molecule has 1 aliphatic carbocycles. The molecule has 3 unspecified atom stereocenters. The van der Waals surface area contributed by atoms with Crippen LogP contribution < -0.4 is 0 Å². The van der Waals surface area contributed by atoms with E-state index in [1.54, 1.807) is 0 Å². The van der Waals surface area contributed by atoms with Crippen molar-refractivity contribution in [3.05, 3.63) is 6.42 Å². The van der Waals surface area contributed by atoms with Gasteiger partial charge in [-0.2, -0.15) is 0 Å². The number of rotatable bonds is 1. The third-order valence-electron chi connectivity index (χ3n) is 2.76. The van der Waals surface area contributed by atoms with Crippen LogP contribution in [-0.2, 0) is 0 Å². The minimum Gasteiger partial charge on any atom is -0.0651 e. The highest BCUT2D eigenvalue weighted by molar-refractivity contribution is 4.90. The van der Waals surface area contributed by atoms with Crippen LogP contribution in [0.25, 0.3) is 0 Å². The van der Waals surface area contributed by atoms with Crippen LogP contribution in [0.1, 0.15) is 33.6 Å². The SMILES string of the molecule is CCC1C(C)[CH]CC1C. The number of hydrogen-bond acceptors (Lipinski definition) is 0. The molecule has 0 aromatic rings. The lowest BCUT2D eigenvalue weighted by molar-refractivity contribution is 0.344. The molecule has 9 heavy (non-hydrogen) atoms. The Morgan fingerprint density at radius 2 is 2.11 bits per heavy atom. The molecule has 3 atom stereocenters. The Hall–Kier alpha value is 0. The van der Waals surface area contributed by atoms with Crippen LogP contribution in [-0.4, -0.2) is 0 Å². The fourth-order valence-corrected chi connectivity index (χ4v) is 2.07. The predicted octanol–water partition coefficient (Wildman–Crippen LogP) is 2.89. The molecule has 0 saturated heterocycles. The Balaban J connectivity index is 2.44. The van der Waals surface area contributed by atoms with Gasteiger partial charge < -0.3 is 0 Å². The van der Waals surface area contributed by atoms with Gasteiger partial charge in [0, 0.05) is 0 Å². The molecular weight excluding hydrogens is 108 g/mol. The van der Waals surface area contributed by atoms with Crippen LogP contribution in [0, 0.1) is 24.2 Å². The van der Waals surface area contributed by atoms with Gasteiger partial charge in [0.1, 0.15) is 0 Å². The Morgan fingerprint density at radius 3 is 2.33 bits per heavy atom. The molecule has 0 amide bonds. The quantitative estimate of drug-likeness (QED) is 0.505. The van der Waals surface area contributed by atoms with E-state index in [4.69, 9.17) is 0 Å². The molecule has 0 heteroatoms. The summed E-state index contributed by atoms with van der Waals surface area (Å²) in [6, 6.07) is 0. The van der Waals surface area contributed by atoms with Gasteiger partial charge in [0.2, 0.25) is 0 Å². The van der Waals surface area contributed by atoms with Crippen molar-refractivity contribution in [3.8, 4) is 0 Å². The van der Waals surface area contributed by atoms with Crippen molar-refractivity contribution in [3.63, 3.8) is 0 Å². The van der Waals surface area contributed by atoms with Crippen molar-refractivity contribution >= 4 is 0 Å². The molecule has 0 aromatic carbocycles. The fraction of sp³-hybridized carbons (Fsp3) is 0.889. The summed E-state index contributed by atoms with van der Waals surface area (Å²) >= 11 is 0. The van der Waals surface area contributed by atoms with E-state index in [0.717, 1.165) is 17.8 Å². The molecule has 0 heterocycles. The second kappa shape index (κ2) is 2.72. The normalized spacial score (nSPS) is 43.7. The summed E-state index contributed by atoms with van der Waals surface area (Å²) in [5.41, 5.74) is 0. The van der Waals surface area contributed by atoms with Crippen LogP contribution in [0.5, 0.6) is 0 Å². The lowest BCUT2D eigenvalue weighted by atomic mass is 9.89. The molecule has 1 aliphatic rings. The van der Waals surface area contributed by atoms with Crippen molar-refractivity contribution < 1.29 is 0 Å². The van der Waals surface area contributed by atoms with E-state index in [2.05, 4.69) is 27.2 Å². The first-order valence-electron chi connectivity index (χ1n) is 4.09. The molecule has 1 saturated carbocycles. The first kappa shape index (κ1) is 7.11. The van der Waals surface area contributed by atoms with E-state index in [-0.39, 0.29) is 0 Å². The topological polar surface area (TPSA) is 0 Å². The van der Waals surface area contributed by atoms with Gasteiger partial charge in [-0.05, 0) is 30.6 Å². The zero-order chi connectivity index (χ0) is 6.85. The highest BCUT2D eigenvalue weighted by Gasteiger charge is 2.28. The summed E-state index contributed by atoms with van der Waals surface area (Å²) in [6.45, 7) is 7.02. The molecule has 0 N–H and O–H groups in total. The summed E-state index contributed by atoms with van der Waals surface area (Å²) < 4.78 is 0. The van der Waals surface area contributed by atoms with Crippen molar-refractivity contribution in [1.29, 1.82) is 0 Å². The Morgan fingerprint density at radius 1 is 1.44 bits per heavy atom. The van der Waals surface area contributed by atoms with Crippen molar-refractivity contribution in [1.82, 2.24) is 0 Å². The molecule has 1 fully saturated rings. The van der Waals surface area contributed by atoms with Gasteiger partial charge in [0.15, 0.2) is 0 Å². The summed E-state index contributed by atoms with van der Waals surface area (Å²) in [5.74, 6) is 2.81. The van der Waals surface area contributed by atoms with E-state index < -0.39 is 0 Å². The van der Waals surface area contributed by atoms with Crippen molar-refractivity contribution in [2.24, 2.45) is 17.8 Å². The Kier molecular flexibility index (Phi) is 2.15. The molecule has 0 aromatic heterocycles. The maximum absolute atomic E-state index is 2.47. The maximum atomic E-state index is 2.47. The van der Waals surface area contributed by atoms with Crippen molar-refractivity contribution in [2.45, 2.75) is 33.6 Å². The second-order valence-corrected chi connectivity index (χ2v) is 3.38. The average molecular weight is 125 g/mol. The summed E-state index contributed by atoms with van der Waals surface area (Å²) in [7, 11) is 0. The molecule has 0 nitrogen and oxygen atoms in total. The largest absolute Gasteiger partial charge is 0.0651 e. The fourth-order valence-electron chi connectivity index (χ4n) is 2.07. The first-order valence-corrected chi connectivity index (χ1v) is 4.09. The summed E-state index contributed by atoms with van der Waals surface area (Å²) in [6.07, 6.45) is 5.18. The zero-order valence-corrected chi connectivity index (χ0v) is 6.72. The third-order valence-corrected chi connectivity index (χ3v) is 2.76. The summed E-state index contributed by atoms with van der Waals surface area (Å²) in [4.78, 5) is 0. The molecule has 0 bridgehead atoms. The van der Waals surface area contributed by atoms with Crippen molar-refractivity contribution in [2.75, 3.05) is 0 Å². The van der Waals surface area contributed by atoms with Crippen LogP contribution in [0.4, 0.5) is 0 Å². The van der Waals surface area contributed by atoms with E-state index >= 15 is 0 Å². The lowest BCUT2D eigenvalue weighted by Crippen LogP contribution is -2.08. The maximum Gasteiger partial charge on any atom is -0.0352 e. The van der Waals surface area contributed by atoms with Crippen LogP contribution in [0.3, 0.4) is 0 Å². The van der Waals surface area contributed by atoms with E-state index in [0.29, 0.717) is 0 Å². The first-order chi connectivity index (χ1) is 4.25. The minimum atomic E-state index is 0.880. The van der Waals surface area contributed by atoms with Gasteiger partial charge in [-0.1, -0.05) is 27.2 Å². The van der Waals surface area contributed by atoms with Gasteiger partial charge >= 0.3 is 0 Å². The smallest absolute Gasteiger partial charge is 0.0352 e. The molecule has 1 rings (SSSR count). The predicted molar refractivity (Wildman–Crippen MR) is 41.0 cm³/mol. The lowest BCUT2D eigenvalue weighted by Gasteiger charge is -2.16. The Labute approximate surface area is 58.7 Å². The van der Waals surface area contributed by atoms with Gasteiger partial charge in [0.05, 0.1) is 0 Å². The monoisotopic (exact) mass is 125 g/mol. The van der Waals surface area contributed by atoms with E-state index in [1.165, 1.54) is 12.8 Å². The standard InChI is InChI=1S/C9H17/c1-4-9-7(2)5-6-8(9)3/h5,7-9H,4,6H2,1-3H3. The molecule has 0 aliphatic heterocycles. The second-order valence-electron chi connectivity index (χ2n) is 3.38. The molecule has 53 valence electrons. The average Bonchev–Trinajstić information content (AvgIpc) is 2.12. The van der Waals surface area contributed by atoms with E-state index in [1.807, 2.05) is 0 Å². The minimum absolute atomic E-state index is 0.880. The number of hydrogen-bond donors (Lipinski definition) is 0. The van der Waals surface area contributed by atoms with Crippen LogP contribution in [0.15, 0.2) is 0 Å². The Bertz CT molecular complexity index is 76.0. The zero-order valence-electron chi connectivity index (χ0n) is 6.72. The highest BCUT2D eigenvalue weighted by atomic mass is 14.3. The van der Waals surface area contributed by atoms with Gasteiger partial charge in [-0.15, -0.1) is 0 Å². The molecule has 0 spiro atoms. The van der Waals surface area contributed by atoms with E-state index in [9.17, 15) is 0 Å². The van der Waals surface area contributed by atoms with Crippen LogP contribution >= 0.6 is 0 Å². The highest BCUT2D eigenvalue weighted by Crippen LogP contribution is 2.37. The summed E-state index contributed by atoms with van der Waals surface area (Å²) in [5, 5.41) is 0. The van der Waals surface area contributed by atoms with Gasteiger partial charge in [-0.3, -0.25) is 0 Å². The molecular formula is C9H17. The van der Waals surface area contributed by atoms with Gasteiger partial charge in [0.25, 0.3) is 0 Å². The third kappa shape index (κ3) is 1.28. The van der Waals surface area contributed by atoms with Crippen LogP contribution in [0.2, 0.25) is 0 Å². The molecule has 1 radical (unpaired) electrons.